The standard InChI is InChI=1S/C43H31NO/c1-43(2)35-23-11-8-21-34(35)40-38(27-29-17-6-7-19-31(29)41(40)43)44(36-24-12-9-18-30(36)28-15-4-3-5-16-28)37-25-14-22-33-32-20-10-13-26-39(32)45-42(33)37/h3-27H,1-2H3. The Labute approximate surface area is 262 Å². The van der Waals surface area contributed by atoms with Gasteiger partial charge in [-0.2, -0.15) is 0 Å². The summed E-state index contributed by atoms with van der Waals surface area (Å²) in [6.45, 7) is 4.74. The maximum Gasteiger partial charge on any atom is 0.159 e. The van der Waals surface area contributed by atoms with Crippen molar-refractivity contribution < 1.29 is 4.42 Å². The Balaban J connectivity index is 1.46. The molecule has 0 saturated carbocycles. The molecule has 0 bridgehead atoms. The monoisotopic (exact) mass is 577 g/mol. The van der Waals surface area contributed by atoms with Gasteiger partial charge in [-0.25, -0.2) is 0 Å². The summed E-state index contributed by atoms with van der Waals surface area (Å²) in [5.41, 5.74) is 12.5. The number of fused-ring (bicyclic) bond motifs is 8. The fourth-order valence-corrected chi connectivity index (χ4v) is 7.64. The summed E-state index contributed by atoms with van der Waals surface area (Å²) in [4.78, 5) is 2.45. The number of hydrogen-bond acceptors (Lipinski definition) is 2. The average molecular weight is 578 g/mol. The third kappa shape index (κ3) is 3.76. The molecule has 0 amide bonds. The number of rotatable bonds is 4. The molecule has 2 heteroatoms. The molecule has 45 heavy (non-hydrogen) atoms. The summed E-state index contributed by atoms with van der Waals surface area (Å²) in [6, 6.07) is 54.5. The summed E-state index contributed by atoms with van der Waals surface area (Å²) in [7, 11) is 0. The average Bonchev–Trinajstić information content (AvgIpc) is 3.59. The Kier molecular flexibility index (Phi) is 5.58. The van der Waals surface area contributed by atoms with Gasteiger partial charge in [-0.15, -0.1) is 0 Å². The lowest BCUT2D eigenvalue weighted by Crippen LogP contribution is -2.17. The minimum Gasteiger partial charge on any atom is -0.454 e. The molecule has 0 saturated heterocycles. The molecule has 1 aliphatic carbocycles. The smallest absolute Gasteiger partial charge is 0.159 e. The van der Waals surface area contributed by atoms with Crippen molar-refractivity contribution in [3.8, 4) is 22.3 Å². The van der Waals surface area contributed by atoms with Crippen LogP contribution in [0.25, 0.3) is 55.0 Å². The van der Waals surface area contributed by atoms with Crippen molar-refractivity contribution >= 4 is 49.8 Å². The zero-order valence-corrected chi connectivity index (χ0v) is 25.3. The number of benzene rings is 7. The lowest BCUT2D eigenvalue weighted by atomic mass is 9.80. The highest BCUT2D eigenvalue weighted by Crippen LogP contribution is 2.57. The fourth-order valence-electron chi connectivity index (χ4n) is 7.64. The molecule has 2 nitrogen and oxygen atoms in total. The van der Waals surface area contributed by atoms with Crippen LogP contribution in [-0.2, 0) is 5.41 Å². The van der Waals surface area contributed by atoms with E-state index in [2.05, 4.69) is 164 Å². The van der Waals surface area contributed by atoms with Crippen molar-refractivity contribution in [2.75, 3.05) is 4.90 Å². The Morgan fingerprint density at radius 2 is 1.16 bits per heavy atom. The highest BCUT2D eigenvalue weighted by Gasteiger charge is 2.40. The predicted molar refractivity (Wildman–Crippen MR) is 189 cm³/mol. The van der Waals surface area contributed by atoms with Gasteiger partial charge >= 0.3 is 0 Å². The van der Waals surface area contributed by atoms with Gasteiger partial charge in [0.25, 0.3) is 0 Å². The van der Waals surface area contributed by atoms with Gasteiger partial charge in [0.15, 0.2) is 5.58 Å². The van der Waals surface area contributed by atoms with Gasteiger partial charge in [-0.3, -0.25) is 0 Å². The summed E-state index contributed by atoms with van der Waals surface area (Å²) in [5, 5.41) is 4.77. The first-order chi connectivity index (χ1) is 22.1. The van der Waals surface area contributed by atoms with Crippen LogP contribution in [0, 0.1) is 0 Å². The lowest BCUT2D eigenvalue weighted by Gasteiger charge is -2.31. The van der Waals surface area contributed by atoms with Crippen LogP contribution in [0.2, 0.25) is 0 Å². The molecule has 0 radical (unpaired) electrons. The molecule has 8 aromatic rings. The number of para-hydroxylation sites is 3. The SMILES string of the molecule is CC1(C)c2ccccc2-c2c(N(c3ccccc3-c3ccccc3)c3cccc4c3oc3ccccc34)cc3ccccc3c21. The van der Waals surface area contributed by atoms with E-state index in [1.165, 1.54) is 44.2 Å². The maximum absolute atomic E-state index is 6.73. The van der Waals surface area contributed by atoms with Crippen LogP contribution in [-0.4, -0.2) is 0 Å². The highest BCUT2D eigenvalue weighted by atomic mass is 16.3. The molecule has 1 aliphatic rings. The van der Waals surface area contributed by atoms with E-state index in [1.54, 1.807) is 0 Å². The summed E-state index contributed by atoms with van der Waals surface area (Å²) < 4.78 is 6.73. The van der Waals surface area contributed by atoms with Gasteiger partial charge in [-0.05, 0) is 57.3 Å². The lowest BCUT2D eigenvalue weighted by molar-refractivity contribution is 0.666. The van der Waals surface area contributed by atoms with Gasteiger partial charge in [0, 0.05) is 27.3 Å². The predicted octanol–water partition coefficient (Wildman–Crippen LogP) is 12.2. The first-order valence-electron chi connectivity index (χ1n) is 15.6. The molecule has 214 valence electrons. The molecular formula is C43H31NO. The van der Waals surface area contributed by atoms with Gasteiger partial charge < -0.3 is 9.32 Å². The summed E-state index contributed by atoms with van der Waals surface area (Å²) >= 11 is 0. The number of anilines is 3. The van der Waals surface area contributed by atoms with Crippen molar-refractivity contribution in [2.45, 2.75) is 19.3 Å². The number of hydrogen-bond donors (Lipinski definition) is 0. The van der Waals surface area contributed by atoms with E-state index in [-0.39, 0.29) is 5.41 Å². The molecular weight excluding hydrogens is 546 g/mol. The largest absolute Gasteiger partial charge is 0.454 e. The first-order valence-corrected chi connectivity index (χ1v) is 15.6. The minimum absolute atomic E-state index is 0.169. The molecule has 0 atom stereocenters. The van der Waals surface area contributed by atoms with Crippen LogP contribution < -0.4 is 4.90 Å². The second-order valence-electron chi connectivity index (χ2n) is 12.5. The molecule has 1 heterocycles. The molecule has 0 N–H and O–H groups in total. The second kappa shape index (κ2) is 9.70. The highest BCUT2D eigenvalue weighted by molar-refractivity contribution is 6.13. The Morgan fingerprint density at radius 1 is 0.511 bits per heavy atom. The zero-order chi connectivity index (χ0) is 30.1. The summed E-state index contributed by atoms with van der Waals surface area (Å²) in [5.74, 6) is 0. The number of nitrogens with zero attached hydrogens (tertiary/aromatic N) is 1. The molecule has 0 aliphatic heterocycles. The van der Waals surface area contributed by atoms with Crippen molar-refractivity contribution in [1.29, 1.82) is 0 Å². The first kappa shape index (κ1) is 25.9. The fraction of sp³-hybridized carbons (Fsp3) is 0.0698. The van der Waals surface area contributed by atoms with Crippen LogP contribution in [0.15, 0.2) is 156 Å². The molecule has 1 aromatic heterocycles. The van der Waals surface area contributed by atoms with Gasteiger partial charge in [0.05, 0.1) is 17.1 Å². The third-order valence-corrected chi connectivity index (χ3v) is 9.62. The van der Waals surface area contributed by atoms with Crippen molar-refractivity contribution in [2.24, 2.45) is 0 Å². The number of furan rings is 1. The van der Waals surface area contributed by atoms with E-state index in [9.17, 15) is 0 Å². The van der Waals surface area contributed by atoms with E-state index in [0.29, 0.717) is 0 Å². The van der Waals surface area contributed by atoms with Crippen molar-refractivity contribution in [1.82, 2.24) is 0 Å². The Hall–Kier alpha value is -5.60. The van der Waals surface area contributed by atoms with Crippen LogP contribution in [0.5, 0.6) is 0 Å². The van der Waals surface area contributed by atoms with Gasteiger partial charge in [-0.1, -0.05) is 141 Å². The Bertz CT molecular complexity index is 2410. The van der Waals surface area contributed by atoms with Gasteiger partial charge in [0.2, 0.25) is 0 Å². The van der Waals surface area contributed by atoms with E-state index >= 15 is 0 Å². The normalized spacial score (nSPS) is 13.3. The van der Waals surface area contributed by atoms with E-state index in [0.717, 1.165) is 39.0 Å². The van der Waals surface area contributed by atoms with Crippen LogP contribution in [0.4, 0.5) is 17.1 Å². The minimum atomic E-state index is -0.169. The van der Waals surface area contributed by atoms with Crippen molar-refractivity contribution in [3.05, 3.63) is 163 Å². The van der Waals surface area contributed by atoms with E-state index < -0.39 is 0 Å². The topological polar surface area (TPSA) is 16.4 Å². The molecule has 0 unspecified atom stereocenters. The summed E-state index contributed by atoms with van der Waals surface area (Å²) in [6.07, 6.45) is 0. The maximum atomic E-state index is 6.73. The van der Waals surface area contributed by atoms with Crippen molar-refractivity contribution in [3.63, 3.8) is 0 Å². The molecule has 7 aromatic carbocycles. The Morgan fingerprint density at radius 3 is 2.02 bits per heavy atom. The van der Waals surface area contributed by atoms with Crippen LogP contribution >= 0.6 is 0 Å². The molecule has 9 rings (SSSR count). The van der Waals surface area contributed by atoms with E-state index in [4.69, 9.17) is 4.42 Å². The quantitative estimate of drug-likeness (QED) is 0.207. The molecule has 0 spiro atoms. The zero-order valence-electron chi connectivity index (χ0n) is 25.3. The third-order valence-electron chi connectivity index (χ3n) is 9.62. The van der Waals surface area contributed by atoms with Crippen LogP contribution in [0.1, 0.15) is 25.0 Å². The molecule has 0 fully saturated rings. The van der Waals surface area contributed by atoms with Gasteiger partial charge in [0.1, 0.15) is 5.58 Å². The van der Waals surface area contributed by atoms with Crippen LogP contribution in [0.3, 0.4) is 0 Å². The second-order valence-corrected chi connectivity index (χ2v) is 12.5. The van der Waals surface area contributed by atoms with E-state index in [1.807, 2.05) is 6.07 Å².